The molecule has 2 heterocycles. The molecule has 1 N–H and O–H groups in total. The summed E-state index contributed by atoms with van der Waals surface area (Å²) < 4.78 is 5.06. The SMILES string of the molecule is C=C1C(=O)N(c2ccc(C#N)c(Cl)c2)C(=S)N1c1ccc(NC(=O)OCCN(C)C)nc1. The van der Waals surface area contributed by atoms with E-state index in [0.29, 0.717) is 17.9 Å². The van der Waals surface area contributed by atoms with Gasteiger partial charge in [-0.25, -0.2) is 9.78 Å². The number of anilines is 3. The minimum atomic E-state index is -0.618. The molecule has 32 heavy (non-hydrogen) atoms. The van der Waals surface area contributed by atoms with Gasteiger partial charge in [-0.1, -0.05) is 18.2 Å². The second kappa shape index (κ2) is 9.74. The van der Waals surface area contributed by atoms with Crippen molar-refractivity contribution in [3.8, 4) is 6.07 Å². The minimum absolute atomic E-state index is 0.126. The maximum Gasteiger partial charge on any atom is 0.412 e. The lowest BCUT2D eigenvalue weighted by atomic mass is 10.2. The molecule has 164 valence electrons. The zero-order valence-electron chi connectivity index (χ0n) is 17.3. The average molecular weight is 471 g/mol. The number of carbonyl (C=O) groups excluding carboxylic acids is 2. The highest BCUT2D eigenvalue weighted by molar-refractivity contribution is 7.81. The Morgan fingerprint density at radius 3 is 2.62 bits per heavy atom. The van der Waals surface area contributed by atoms with Gasteiger partial charge >= 0.3 is 6.09 Å². The molecule has 2 aromatic rings. The van der Waals surface area contributed by atoms with Crippen LogP contribution in [0.15, 0.2) is 48.8 Å². The van der Waals surface area contributed by atoms with Crippen LogP contribution in [0.2, 0.25) is 5.02 Å². The summed E-state index contributed by atoms with van der Waals surface area (Å²) in [6.45, 7) is 4.68. The van der Waals surface area contributed by atoms with Gasteiger partial charge in [0, 0.05) is 6.54 Å². The third-order valence-electron chi connectivity index (χ3n) is 4.44. The number of pyridine rings is 1. The third kappa shape index (κ3) is 4.86. The van der Waals surface area contributed by atoms with Gasteiger partial charge in [0.2, 0.25) is 0 Å². The topological polar surface area (TPSA) is 102 Å². The molecule has 0 saturated carbocycles. The van der Waals surface area contributed by atoms with Gasteiger partial charge in [0.15, 0.2) is 5.11 Å². The number of rotatable bonds is 6. The van der Waals surface area contributed by atoms with Gasteiger partial charge in [0.05, 0.1) is 28.2 Å². The van der Waals surface area contributed by atoms with Crippen molar-refractivity contribution < 1.29 is 14.3 Å². The molecule has 0 spiro atoms. The highest BCUT2D eigenvalue weighted by atomic mass is 35.5. The Labute approximate surface area is 195 Å². The molecule has 0 aliphatic carbocycles. The van der Waals surface area contributed by atoms with Gasteiger partial charge in [-0.15, -0.1) is 0 Å². The summed E-state index contributed by atoms with van der Waals surface area (Å²) in [6.07, 6.45) is 0.836. The van der Waals surface area contributed by atoms with E-state index >= 15 is 0 Å². The quantitative estimate of drug-likeness (QED) is 0.506. The first-order valence-corrected chi connectivity index (χ1v) is 10.1. The van der Waals surface area contributed by atoms with Gasteiger partial charge < -0.3 is 9.64 Å². The molecule has 1 aliphatic heterocycles. The van der Waals surface area contributed by atoms with Crippen molar-refractivity contribution in [3.63, 3.8) is 0 Å². The molecular weight excluding hydrogens is 452 g/mol. The molecule has 0 unspecified atom stereocenters. The second-order valence-corrected chi connectivity index (χ2v) is 7.72. The average Bonchev–Trinajstić information content (AvgIpc) is 2.96. The standard InChI is InChI=1S/C21H19ClN6O3S/c1-13-19(29)28(15-5-4-14(11-23)17(22)10-15)21(32)27(13)16-6-7-18(24-12-16)25-20(30)31-9-8-26(2)3/h4-7,10,12H,1,8-9H2,2-3H3,(H,24,25,30). The van der Waals surface area contributed by atoms with Crippen LogP contribution in [0.4, 0.5) is 22.0 Å². The molecule has 1 aromatic carbocycles. The fourth-order valence-electron chi connectivity index (χ4n) is 2.81. The summed E-state index contributed by atoms with van der Waals surface area (Å²) in [4.78, 5) is 33.5. The highest BCUT2D eigenvalue weighted by Gasteiger charge is 2.39. The van der Waals surface area contributed by atoms with Gasteiger partial charge in [-0.3, -0.25) is 19.9 Å². The Kier molecular flexibility index (Phi) is 7.05. The minimum Gasteiger partial charge on any atom is -0.448 e. The van der Waals surface area contributed by atoms with Crippen molar-refractivity contribution >= 4 is 58.1 Å². The highest BCUT2D eigenvalue weighted by Crippen LogP contribution is 2.33. The lowest BCUT2D eigenvalue weighted by molar-refractivity contribution is -0.113. The van der Waals surface area contributed by atoms with E-state index in [-0.39, 0.29) is 33.8 Å². The van der Waals surface area contributed by atoms with Crippen LogP contribution in [-0.2, 0) is 9.53 Å². The van der Waals surface area contributed by atoms with Crippen LogP contribution in [0.25, 0.3) is 0 Å². The number of nitrogens with one attached hydrogen (secondary N) is 1. The smallest absolute Gasteiger partial charge is 0.412 e. The Hall–Kier alpha value is -3.52. The van der Waals surface area contributed by atoms with Crippen LogP contribution < -0.4 is 15.1 Å². The van der Waals surface area contributed by atoms with Gasteiger partial charge in [0.25, 0.3) is 5.91 Å². The van der Waals surface area contributed by atoms with Crippen LogP contribution in [0.1, 0.15) is 5.56 Å². The molecule has 1 saturated heterocycles. The molecule has 1 aliphatic rings. The third-order valence-corrected chi connectivity index (χ3v) is 5.12. The van der Waals surface area contributed by atoms with E-state index in [0.717, 1.165) is 0 Å². The van der Waals surface area contributed by atoms with Crippen LogP contribution in [0, 0.1) is 11.3 Å². The van der Waals surface area contributed by atoms with E-state index in [2.05, 4.69) is 16.9 Å². The molecule has 2 amide bonds. The van der Waals surface area contributed by atoms with Crippen LogP contribution in [-0.4, -0.2) is 54.2 Å². The number of hydrogen-bond acceptors (Lipinski definition) is 7. The summed E-state index contributed by atoms with van der Waals surface area (Å²) in [7, 11) is 3.75. The molecule has 0 atom stereocenters. The van der Waals surface area contributed by atoms with E-state index in [4.69, 9.17) is 33.8 Å². The number of nitriles is 1. The van der Waals surface area contributed by atoms with Crippen molar-refractivity contribution in [1.82, 2.24) is 9.88 Å². The lowest BCUT2D eigenvalue weighted by Crippen LogP contribution is -2.32. The monoisotopic (exact) mass is 470 g/mol. The Bertz CT molecular complexity index is 1130. The molecule has 0 bridgehead atoms. The summed E-state index contributed by atoms with van der Waals surface area (Å²) in [6, 6.07) is 9.76. The van der Waals surface area contributed by atoms with E-state index in [1.807, 2.05) is 25.1 Å². The van der Waals surface area contributed by atoms with Gasteiger partial charge in [-0.05, 0) is 56.6 Å². The van der Waals surface area contributed by atoms with E-state index < -0.39 is 12.0 Å². The normalized spacial score (nSPS) is 13.5. The zero-order valence-corrected chi connectivity index (χ0v) is 18.9. The second-order valence-electron chi connectivity index (χ2n) is 6.95. The Morgan fingerprint density at radius 1 is 1.31 bits per heavy atom. The first-order chi connectivity index (χ1) is 15.2. The first-order valence-electron chi connectivity index (χ1n) is 9.34. The lowest BCUT2D eigenvalue weighted by Gasteiger charge is -2.20. The number of ether oxygens (including phenoxy) is 1. The number of benzene rings is 1. The number of nitrogens with zero attached hydrogens (tertiary/aromatic N) is 5. The van der Waals surface area contributed by atoms with Crippen molar-refractivity contribution in [1.29, 1.82) is 5.26 Å². The number of amides is 2. The number of hydrogen-bond donors (Lipinski definition) is 1. The molecule has 0 radical (unpaired) electrons. The molecular formula is C21H19ClN6O3S. The molecule has 3 rings (SSSR count). The summed E-state index contributed by atoms with van der Waals surface area (Å²) in [5, 5.41) is 11.9. The predicted octanol–water partition coefficient (Wildman–Crippen LogP) is 3.37. The number of halogens is 1. The maximum absolute atomic E-state index is 12.8. The van der Waals surface area contributed by atoms with Crippen LogP contribution in [0.5, 0.6) is 0 Å². The Balaban J connectivity index is 1.74. The number of carbonyl (C=O) groups is 2. The van der Waals surface area contributed by atoms with Crippen molar-refractivity contribution in [2.24, 2.45) is 0 Å². The molecule has 11 heteroatoms. The van der Waals surface area contributed by atoms with Crippen LogP contribution in [0.3, 0.4) is 0 Å². The number of aromatic nitrogens is 1. The number of likely N-dealkylation sites (N-methyl/N-ethyl adjacent to an activating group) is 1. The summed E-state index contributed by atoms with van der Waals surface area (Å²) in [5.41, 5.74) is 1.32. The molecule has 1 fully saturated rings. The van der Waals surface area contributed by atoms with Gasteiger partial charge in [0.1, 0.15) is 24.2 Å². The van der Waals surface area contributed by atoms with Crippen molar-refractivity contribution in [2.45, 2.75) is 0 Å². The number of thiocarbonyl (C=S) groups is 1. The van der Waals surface area contributed by atoms with E-state index in [1.165, 1.54) is 28.1 Å². The van der Waals surface area contributed by atoms with Crippen molar-refractivity contribution in [3.05, 3.63) is 59.4 Å². The van der Waals surface area contributed by atoms with E-state index in [1.54, 1.807) is 18.2 Å². The van der Waals surface area contributed by atoms with E-state index in [9.17, 15) is 9.59 Å². The fraction of sp³-hybridized carbons (Fsp3) is 0.190. The Morgan fingerprint density at radius 2 is 2.03 bits per heavy atom. The summed E-state index contributed by atoms with van der Waals surface area (Å²) >= 11 is 11.6. The molecule has 9 nitrogen and oxygen atoms in total. The summed E-state index contributed by atoms with van der Waals surface area (Å²) in [5.74, 6) is -0.149. The van der Waals surface area contributed by atoms with Crippen molar-refractivity contribution in [2.75, 3.05) is 42.4 Å². The molecule has 1 aromatic heterocycles. The zero-order chi connectivity index (χ0) is 23.4. The maximum atomic E-state index is 12.8. The fourth-order valence-corrected chi connectivity index (χ4v) is 3.43. The van der Waals surface area contributed by atoms with Crippen LogP contribution >= 0.6 is 23.8 Å². The largest absolute Gasteiger partial charge is 0.448 e. The predicted molar refractivity (Wildman–Crippen MR) is 126 cm³/mol. The van der Waals surface area contributed by atoms with Gasteiger partial charge in [-0.2, -0.15) is 5.26 Å². The first kappa shape index (κ1) is 23.1.